The minimum Gasteiger partial charge on any atom is -0.455 e. The van der Waals surface area contributed by atoms with Crippen molar-refractivity contribution in [3.05, 3.63) is 59.1 Å². The van der Waals surface area contributed by atoms with E-state index in [0.29, 0.717) is 11.3 Å². The van der Waals surface area contributed by atoms with Gasteiger partial charge in [0, 0.05) is 6.92 Å². The Kier molecular flexibility index (Phi) is 4.34. The molecule has 2 aromatic carbocycles. The van der Waals surface area contributed by atoms with Crippen molar-refractivity contribution >= 4 is 33.5 Å². The zero-order chi connectivity index (χ0) is 16.2. The number of fused-ring (bicyclic) bond motifs is 1. The van der Waals surface area contributed by atoms with Crippen LogP contribution in [0.2, 0.25) is 0 Å². The molecule has 1 heterocycles. The number of ether oxygens (including phenoxy) is 2. The highest BCUT2D eigenvalue weighted by Gasteiger charge is 2.10. The third-order valence-corrected chi connectivity index (χ3v) is 4.03. The lowest BCUT2D eigenvalue weighted by molar-refractivity contribution is -0.131. The van der Waals surface area contributed by atoms with E-state index in [1.165, 1.54) is 18.3 Å². The minimum atomic E-state index is -0.446. The normalized spacial score (nSPS) is 10.5. The van der Waals surface area contributed by atoms with Crippen LogP contribution in [0.25, 0.3) is 10.2 Å². The average molecular weight is 327 g/mol. The quantitative estimate of drug-likeness (QED) is 0.541. The summed E-state index contributed by atoms with van der Waals surface area (Å²) in [6.45, 7) is 1.45. The molecule has 0 amide bonds. The summed E-state index contributed by atoms with van der Waals surface area (Å²) in [7, 11) is 0. The predicted molar refractivity (Wildman–Crippen MR) is 86.5 cm³/mol. The Balaban J connectivity index is 1.63. The van der Waals surface area contributed by atoms with Gasteiger partial charge in [0.2, 0.25) is 0 Å². The van der Waals surface area contributed by atoms with Gasteiger partial charge in [-0.3, -0.25) is 4.79 Å². The fraction of sp³-hybridized carbons (Fsp3) is 0.118. The molecule has 3 rings (SSSR count). The van der Waals surface area contributed by atoms with Gasteiger partial charge in [-0.25, -0.2) is 9.78 Å². The Morgan fingerprint density at radius 3 is 2.52 bits per heavy atom. The number of benzene rings is 2. The molecule has 0 aliphatic rings. The summed E-state index contributed by atoms with van der Waals surface area (Å²) in [6.07, 6.45) is 0. The number of rotatable bonds is 4. The zero-order valence-electron chi connectivity index (χ0n) is 12.3. The first kappa shape index (κ1) is 15.2. The SMILES string of the molecule is CC(=O)Oc1ccc(C(=O)OCc2nc3ccccc3s2)cc1. The standard InChI is InChI=1S/C17H13NO4S/c1-11(19)22-13-8-6-12(7-9-13)17(20)21-10-16-18-14-4-2-3-5-15(14)23-16/h2-9H,10H2,1H3. The highest BCUT2D eigenvalue weighted by Crippen LogP contribution is 2.22. The van der Waals surface area contributed by atoms with Crippen molar-refractivity contribution in [2.75, 3.05) is 0 Å². The molecule has 0 saturated carbocycles. The number of thiazole rings is 1. The largest absolute Gasteiger partial charge is 0.455 e. The summed E-state index contributed by atoms with van der Waals surface area (Å²) >= 11 is 1.50. The molecule has 116 valence electrons. The van der Waals surface area contributed by atoms with Crippen LogP contribution in [0.1, 0.15) is 22.3 Å². The maximum absolute atomic E-state index is 12.0. The molecule has 6 heteroatoms. The molecule has 0 atom stereocenters. The maximum atomic E-state index is 12.0. The van der Waals surface area contributed by atoms with Crippen LogP contribution in [0.4, 0.5) is 0 Å². The highest BCUT2D eigenvalue weighted by molar-refractivity contribution is 7.18. The number of para-hydroxylation sites is 1. The van der Waals surface area contributed by atoms with Crippen molar-refractivity contribution in [2.45, 2.75) is 13.5 Å². The summed E-state index contributed by atoms with van der Waals surface area (Å²) in [5, 5.41) is 0.746. The van der Waals surface area contributed by atoms with E-state index >= 15 is 0 Å². The first-order valence-electron chi connectivity index (χ1n) is 6.92. The van der Waals surface area contributed by atoms with Crippen LogP contribution in [-0.4, -0.2) is 16.9 Å². The zero-order valence-corrected chi connectivity index (χ0v) is 13.1. The van der Waals surface area contributed by atoms with E-state index in [-0.39, 0.29) is 6.61 Å². The molecule has 0 aliphatic carbocycles. The first-order valence-corrected chi connectivity index (χ1v) is 7.73. The Morgan fingerprint density at radius 1 is 1.09 bits per heavy atom. The van der Waals surface area contributed by atoms with Gasteiger partial charge >= 0.3 is 11.9 Å². The van der Waals surface area contributed by atoms with E-state index in [1.54, 1.807) is 24.3 Å². The number of hydrogen-bond acceptors (Lipinski definition) is 6. The number of esters is 2. The van der Waals surface area contributed by atoms with Gasteiger partial charge in [0.15, 0.2) is 0 Å². The molecule has 0 fully saturated rings. The third-order valence-electron chi connectivity index (χ3n) is 3.02. The summed E-state index contributed by atoms with van der Waals surface area (Å²) < 4.78 is 11.2. The fourth-order valence-electron chi connectivity index (χ4n) is 2.02. The molecule has 0 unspecified atom stereocenters. The molecule has 0 radical (unpaired) electrons. The lowest BCUT2D eigenvalue weighted by Crippen LogP contribution is -2.06. The molecule has 0 aliphatic heterocycles. The van der Waals surface area contributed by atoms with E-state index in [2.05, 4.69) is 4.98 Å². The molecule has 0 spiro atoms. The highest BCUT2D eigenvalue weighted by atomic mass is 32.1. The summed E-state index contributed by atoms with van der Waals surface area (Å²) in [5.74, 6) is -0.463. The summed E-state index contributed by atoms with van der Waals surface area (Å²) in [6, 6.07) is 14.0. The molecule has 5 nitrogen and oxygen atoms in total. The van der Waals surface area contributed by atoms with Gasteiger partial charge in [0.25, 0.3) is 0 Å². The van der Waals surface area contributed by atoms with Gasteiger partial charge in [0.05, 0.1) is 15.8 Å². The average Bonchev–Trinajstić information content (AvgIpc) is 2.95. The Labute approximate surface area is 136 Å². The van der Waals surface area contributed by atoms with Crippen LogP contribution >= 0.6 is 11.3 Å². The fourth-order valence-corrected chi connectivity index (χ4v) is 2.90. The molecular weight excluding hydrogens is 314 g/mol. The van der Waals surface area contributed by atoms with Gasteiger partial charge in [-0.05, 0) is 36.4 Å². The number of carbonyl (C=O) groups is 2. The van der Waals surface area contributed by atoms with Crippen molar-refractivity contribution in [1.82, 2.24) is 4.98 Å². The van der Waals surface area contributed by atoms with E-state index in [4.69, 9.17) is 9.47 Å². The minimum absolute atomic E-state index is 0.129. The van der Waals surface area contributed by atoms with Crippen molar-refractivity contribution < 1.29 is 19.1 Å². The van der Waals surface area contributed by atoms with E-state index in [0.717, 1.165) is 15.2 Å². The molecule has 3 aromatic rings. The molecule has 1 aromatic heterocycles. The lowest BCUT2D eigenvalue weighted by Gasteiger charge is -2.04. The van der Waals surface area contributed by atoms with Crippen LogP contribution in [0.5, 0.6) is 5.75 Å². The van der Waals surface area contributed by atoms with Crippen LogP contribution in [0.15, 0.2) is 48.5 Å². The van der Waals surface area contributed by atoms with E-state index in [1.807, 2.05) is 24.3 Å². The van der Waals surface area contributed by atoms with Gasteiger partial charge in [-0.1, -0.05) is 12.1 Å². The number of carbonyl (C=O) groups excluding carboxylic acids is 2. The number of nitrogens with zero attached hydrogens (tertiary/aromatic N) is 1. The van der Waals surface area contributed by atoms with Crippen molar-refractivity contribution in [3.8, 4) is 5.75 Å². The van der Waals surface area contributed by atoms with Gasteiger partial charge in [-0.15, -0.1) is 11.3 Å². The van der Waals surface area contributed by atoms with Crippen LogP contribution in [-0.2, 0) is 16.1 Å². The second kappa shape index (κ2) is 6.58. The Morgan fingerprint density at radius 2 is 1.83 bits per heavy atom. The van der Waals surface area contributed by atoms with Crippen LogP contribution < -0.4 is 4.74 Å². The van der Waals surface area contributed by atoms with Crippen molar-refractivity contribution in [2.24, 2.45) is 0 Å². The smallest absolute Gasteiger partial charge is 0.338 e. The predicted octanol–water partition coefficient (Wildman–Crippen LogP) is 3.58. The number of hydrogen-bond donors (Lipinski definition) is 0. The first-order chi connectivity index (χ1) is 11.1. The van der Waals surface area contributed by atoms with Gasteiger partial charge in [0.1, 0.15) is 17.4 Å². The topological polar surface area (TPSA) is 65.5 Å². The molecule has 0 saturated heterocycles. The van der Waals surface area contributed by atoms with Crippen molar-refractivity contribution in [3.63, 3.8) is 0 Å². The Hall–Kier alpha value is -2.73. The van der Waals surface area contributed by atoms with Crippen LogP contribution in [0.3, 0.4) is 0 Å². The number of aromatic nitrogens is 1. The monoisotopic (exact) mass is 327 g/mol. The maximum Gasteiger partial charge on any atom is 0.338 e. The molecule has 23 heavy (non-hydrogen) atoms. The van der Waals surface area contributed by atoms with Crippen LogP contribution in [0, 0.1) is 0 Å². The second-order valence-electron chi connectivity index (χ2n) is 4.77. The third kappa shape index (κ3) is 3.73. The molecule has 0 bridgehead atoms. The summed E-state index contributed by atoms with van der Waals surface area (Å²) in [5.41, 5.74) is 1.29. The van der Waals surface area contributed by atoms with Gasteiger partial charge in [-0.2, -0.15) is 0 Å². The van der Waals surface area contributed by atoms with E-state index in [9.17, 15) is 9.59 Å². The van der Waals surface area contributed by atoms with Gasteiger partial charge < -0.3 is 9.47 Å². The Bertz CT molecular complexity index is 821. The van der Waals surface area contributed by atoms with E-state index < -0.39 is 11.9 Å². The second-order valence-corrected chi connectivity index (χ2v) is 5.88. The lowest BCUT2D eigenvalue weighted by atomic mass is 10.2. The molecule has 0 N–H and O–H groups in total. The van der Waals surface area contributed by atoms with Crippen molar-refractivity contribution in [1.29, 1.82) is 0 Å². The molecular formula is C17H13NO4S. The summed E-state index contributed by atoms with van der Waals surface area (Å²) in [4.78, 5) is 27.3.